The van der Waals surface area contributed by atoms with Gasteiger partial charge in [-0.1, -0.05) is 19.4 Å². The van der Waals surface area contributed by atoms with Gasteiger partial charge in [0.15, 0.2) is 11.5 Å². The van der Waals surface area contributed by atoms with E-state index in [-0.39, 0.29) is 11.4 Å². The lowest BCUT2D eigenvalue weighted by Gasteiger charge is -2.48. The van der Waals surface area contributed by atoms with Gasteiger partial charge in [0, 0.05) is 13.1 Å². The highest BCUT2D eigenvalue weighted by atomic mass is 16.6. The highest BCUT2D eigenvalue weighted by Gasteiger charge is 2.42. The molecule has 0 saturated carbocycles. The first-order chi connectivity index (χ1) is 9.63. The summed E-state index contributed by atoms with van der Waals surface area (Å²) in [5.41, 5.74) is 6.57. The van der Waals surface area contributed by atoms with Crippen LogP contribution in [-0.4, -0.2) is 42.6 Å². The van der Waals surface area contributed by atoms with E-state index < -0.39 is 0 Å². The lowest BCUT2D eigenvalue weighted by molar-refractivity contribution is 0.0379. The van der Waals surface area contributed by atoms with Crippen LogP contribution >= 0.6 is 0 Å². The summed E-state index contributed by atoms with van der Waals surface area (Å²) in [7, 11) is 0. The van der Waals surface area contributed by atoms with Crippen LogP contribution in [0.15, 0.2) is 18.2 Å². The Labute approximate surface area is 118 Å². The van der Waals surface area contributed by atoms with Crippen molar-refractivity contribution in [2.24, 2.45) is 5.73 Å². The van der Waals surface area contributed by atoms with Gasteiger partial charge in [0.25, 0.3) is 5.91 Å². The van der Waals surface area contributed by atoms with Crippen molar-refractivity contribution < 1.29 is 14.3 Å². The third-order valence-electron chi connectivity index (χ3n) is 3.84. The molecular formula is C15H20N2O3. The number of carbonyl (C=O) groups excluding carboxylic acids is 1. The van der Waals surface area contributed by atoms with Crippen molar-refractivity contribution in [3.8, 4) is 11.5 Å². The molecule has 1 fully saturated rings. The van der Waals surface area contributed by atoms with Gasteiger partial charge in [-0.3, -0.25) is 4.79 Å². The average molecular weight is 276 g/mol. The van der Waals surface area contributed by atoms with E-state index in [1.54, 1.807) is 11.0 Å². The maximum Gasteiger partial charge on any atom is 0.257 e. The summed E-state index contributed by atoms with van der Waals surface area (Å²) < 4.78 is 11.1. The zero-order valence-corrected chi connectivity index (χ0v) is 11.7. The number of ether oxygens (including phenoxy) is 2. The van der Waals surface area contributed by atoms with Gasteiger partial charge in [-0.05, 0) is 18.6 Å². The summed E-state index contributed by atoms with van der Waals surface area (Å²) in [5.74, 6) is 1.19. The van der Waals surface area contributed by atoms with Gasteiger partial charge in [0.2, 0.25) is 0 Å². The number of carbonyl (C=O) groups is 1. The minimum Gasteiger partial charge on any atom is -0.486 e. The summed E-state index contributed by atoms with van der Waals surface area (Å²) in [5, 5.41) is 0. The Hall–Kier alpha value is -1.75. The third-order valence-corrected chi connectivity index (χ3v) is 3.84. The number of amides is 1. The molecule has 0 atom stereocenters. The Bertz CT molecular complexity index is 524. The van der Waals surface area contributed by atoms with Crippen molar-refractivity contribution in [2.45, 2.75) is 25.3 Å². The van der Waals surface area contributed by atoms with Crippen LogP contribution in [0.1, 0.15) is 30.1 Å². The largest absolute Gasteiger partial charge is 0.486 e. The molecule has 0 bridgehead atoms. The molecule has 0 aliphatic carbocycles. The molecule has 3 rings (SSSR count). The average Bonchev–Trinajstić information content (AvgIpc) is 2.43. The predicted octanol–water partition coefficient (Wildman–Crippen LogP) is 1.41. The second kappa shape index (κ2) is 4.98. The number of rotatable bonds is 3. The first-order valence-electron chi connectivity index (χ1n) is 7.10. The zero-order valence-electron chi connectivity index (χ0n) is 11.7. The van der Waals surface area contributed by atoms with Gasteiger partial charge in [0.05, 0.1) is 11.1 Å². The number of hydrogen-bond donors (Lipinski definition) is 1. The third kappa shape index (κ3) is 2.22. The van der Waals surface area contributed by atoms with Crippen molar-refractivity contribution in [3.63, 3.8) is 0 Å². The lowest BCUT2D eigenvalue weighted by atomic mass is 9.86. The van der Waals surface area contributed by atoms with E-state index in [0.29, 0.717) is 43.4 Å². The Morgan fingerprint density at radius 3 is 2.85 bits per heavy atom. The summed E-state index contributed by atoms with van der Waals surface area (Å²) in [6, 6.07) is 5.43. The molecule has 2 aliphatic rings. The molecule has 108 valence electrons. The van der Waals surface area contributed by atoms with Gasteiger partial charge in [0.1, 0.15) is 13.2 Å². The second-order valence-electron chi connectivity index (χ2n) is 5.60. The number of fused-ring (bicyclic) bond motifs is 1. The molecule has 1 aromatic rings. The number of hydrogen-bond acceptors (Lipinski definition) is 4. The van der Waals surface area contributed by atoms with E-state index in [4.69, 9.17) is 15.2 Å². The van der Waals surface area contributed by atoms with Gasteiger partial charge < -0.3 is 20.1 Å². The molecule has 5 nitrogen and oxygen atoms in total. The van der Waals surface area contributed by atoms with Crippen molar-refractivity contribution in [1.29, 1.82) is 0 Å². The van der Waals surface area contributed by atoms with Gasteiger partial charge in [-0.25, -0.2) is 0 Å². The van der Waals surface area contributed by atoms with Crippen LogP contribution in [0.4, 0.5) is 0 Å². The SMILES string of the molecule is CCCC1(N)CN(C(=O)c2cccc3c2OCCO3)C1. The Morgan fingerprint density at radius 2 is 2.10 bits per heavy atom. The van der Waals surface area contributed by atoms with E-state index in [0.717, 1.165) is 12.8 Å². The van der Waals surface area contributed by atoms with Crippen molar-refractivity contribution in [3.05, 3.63) is 23.8 Å². The van der Waals surface area contributed by atoms with Crippen LogP contribution in [0.3, 0.4) is 0 Å². The molecule has 1 saturated heterocycles. The van der Waals surface area contributed by atoms with Crippen molar-refractivity contribution in [2.75, 3.05) is 26.3 Å². The van der Waals surface area contributed by atoms with Gasteiger partial charge >= 0.3 is 0 Å². The fourth-order valence-corrected chi connectivity index (χ4v) is 2.93. The van der Waals surface area contributed by atoms with E-state index in [9.17, 15) is 4.79 Å². The van der Waals surface area contributed by atoms with Crippen LogP contribution < -0.4 is 15.2 Å². The quantitative estimate of drug-likeness (QED) is 0.906. The van der Waals surface area contributed by atoms with Crippen LogP contribution in [-0.2, 0) is 0 Å². The summed E-state index contributed by atoms with van der Waals surface area (Å²) in [6.07, 6.45) is 1.99. The van der Waals surface area contributed by atoms with Crippen molar-refractivity contribution >= 4 is 5.91 Å². The molecule has 0 unspecified atom stereocenters. The molecule has 0 radical (unpaired) electrons. The molecule has 1 aromatic carbocycles. The summed E-state index contributed by atoms with van der Waals surface area (Å²) >= 11 is 0. The van der Waals surface area contributed by atoms with Crippen LogP contribution in [0.25, 0.3) is 0 Å². The van der Waals surface area contributed by atoms with Crippen molar-refractivity contribution in [1.82, 2.24) is 4.90 Å². The fraction of sp³-hybridized carbons (Fsp3) is 0.533. The predicted molar refractivity (Wildman–Crippen MR) is 75.2 cm³/mol. The maximum absolute atomic E-state index is 12.5. The van der Waals surface area contributed by atoms with Gasteiger partial charge in [-0.15, -0.1) is 0 Å². The molecular weight excluding hydrogens is 256 g/mol. The molecule has 2 N–H and O–H groups in total. The molecule has 5 heteroatoms. The first kappa shape index (κ1) is 13.2. The van der Waals surface area contributed by atoms with E-state index in [1.807, 2.05) is 12.1 Å². The number of nitrogens with two attached hydrogens (primary N) is 1. The Morgan fingerprint density at radius 1 is 1.35 bits per heavy atom. The monoisotopic (exact) mass is 276 g/mol. The van der Waals surface area contributed by atoms with E-state index >= 15 is 0 Å². The molecule has 0 aromatic heterocycles. The first-order valence-corrected chi connectivity index (χ1v) is 7.10. The fourth-order valence-electron chi connectivity index (χ4n) is 2.93. The second-order valence-corrected chi connectivity index (χ2v) is 5.60. The Kier molecular flexibility index (Phi) is 3.30. The minimum atomic E-state index is -0.212. The number of likely N-dealkylation sites (tertiary alicyclic amines) is 1. The highest BCUT2D eigenvalue weighted by Crippen LogP contribution is 2.35. The smallest absolute Gasteiger partial charge is 0.257 e. The van der Waals surface area contributed by atoms with E-state index in [2.05, 4.69) is 6.92 Å². The lowest BCUT2D eigenvalue weighted by Crippen LogP contribution is -2.68. The zero-order chi connectivity index (χ0) is 14.2. The topological polar surface area (TPSA) is 64.8 Å². The van der Waals surface area contributed by atoms with Crippen LogP contribution in [0, 0.1) is 0 Å². The summed E-state index contributed by atoms with van der Waals surface area (Å²) in [6.45, 7) is 4.34. The van der Waals surface area contributed by atoms with Crippen LogP contribution in [0.2, 0.25) is 0 Å². The number of nitrogens with zero attached hydrogens (tertiary/aromatic N) is 1. The number of benzene rings is 1. The molecule has 20 heavy (non-hydrogen) atoms. The van der Waals surface area contributed by atoms with Gasteiger partial charge in [-0.2, -0.15) is 0 Å². The maximum atomic E-state index is 12.5. The molecule has 2 aliphatic heterocycles. The molecule has 2 heterocycles. The minimum absolute atomic E-state index is 0.0236. The Balaban J connectivity index is 1.76. The normalized spacial score (nSPS) is 19.4. The number of para-hydroxylation sites is 1. The van der Waals surface area contributed by atoms with E-state index in [1.165, 1.54) is 0 Å². The van der Waals surface area contributed by atoms with Crippen LogP contribution in [0.5, 0.6) is 11.5 Å². The molecule has 0 spiro atoms. The molecule has 1 amide bonds. The standard InChI is InChI=1S/C15H20N2O3/c1-2-6-15(16)9-17(10-15)14(18)11-4-3-5-12-13(11)20-8-7-19-12/h3-5H,2,6-10,16H2,1H3. The highest BCUT2D eigenvalue weighted by molar-refractivity contribution is 5.98. The summed E-state index contributed by atoms with van der Waals surface area (Å²) in [4.78, 5) is 14.3.